The number of rotatable bonds is 2. The predicted molar refractivity (Wildman–Crippen MR) is 76.7 cm³/mol. The third-order valence-corrected chi connectivity index (χ3v) is 4.27. The molecule has 0 atom stereocenters. The van der Waals surface area contributed by atoms with Gasteiger partial charge in [0.25, 0.3) is 5.91 Å². The van der Waals surface area contributed by atoms with Crippen molar-refractivity contribution in [2.45, 2.75) is 38.1 Å². The monoisotopic (exact) mass is 276 g/mol. The summed E-state index contributed by atoms with van der Waals surface area (Å²) >= 11 is 1.40. The zero-order valence-electron chi connectivity index (χ0n) is 10.6. The Kier molecular flexibility index (Phi) is 3.73. The van der Waals surface area contributed by atoms with E-state index in [9.17, 15) is 4.79 Å². The van der Waals surface area contributed by atoms with Crippen molar-refractivity contribution in [1.29, 1.82) is 0 Å². The van der Waals surface area contributed by atoms with Crippen LogP contribution in [0.5, 0.6) is 0 Å². The maximum Gasteiger partial charge on any atom is 0.264 e. The summed E-state index contributed by atoms with van der Waals surface area (Å²) in [5.74, 6) is 0.604. The van der Waals surface area contributed by atoms with Crippen LogP contribution in [0.1, 0.15) is 37.9 Å². The fourth-order valence-corrected chi connectivity index (χ4v) is 3.24. The van der Waals surface area contributed by atoms with E-state index in [-0.39, 0.29) is 5.91 Å². The molecule has 100 valence electrons. The number of amides is 1. The first-order valence-corrected chi connectivity index (χ1v) is 7.45. The highest BCUT2D eigenvalue weighted by atomic mass is 32.2. The zero-order chi connectivity index (χ0) is 13.1. The van der Waals surface area contributed by atoms with Crippen LogP contribution in [0.15, 0.2) is 32.7 Å². The SMILES string of the molecule is O=C1NC(=NC2CCCCC2)S/C1=C\c1ccco1. The van der Waals surface area contributed by atoms with E-state index in [1.165, 1.54) is 31.0 Å². The number of thioether (sulfide) groups is 1. The van der Waals surface area contributed by atoms with Gasteiger partial charge in [0, 0.05) is 6.08 Å². The van der Waals surface area contributed by atoms with Gasteiger partial charge in [-0.2, -0.15) is 0 Å². The van der Waals surface area contributed by atoms with E-state index in [4.69, 9.17) is 4.42 Å². The van der Waals surface area contributed by atoms with Gasteiger partial charge in [-0.15, -0.1) is 0 Å². The number of carbonyl (C=O) groups is 1. The molecule has 5 heteroatoms. The lowest BCUT2D eigenvalue weighted by Gasteiger charge is -2.17. The molecule has 1 amide bonds. The molecule has 2 heterocycles. The van der Waals surface area contributed by atoms with Crippen molar-refractivity contribution < 1.29 is 9.21 Å². The van der Waals surface area contributed by atoms with E-state index in [0.29, 0.717) is 16.7 Å². The molecule has 1 aliphatic heterocycles. The molecule has 3 rings (SSSR count). The fraction of sp³-hybridized carbons (Fsp3) is 0.429. The number of furan rings is 1. The minimum absolute atomic E-state index is 0.0871. The third kappa shape index (κ3) is 3.10. The minimum atomic E-state index is -0.0871. The van der Waals surface area contributed by atoms with Crippen LogP contribution in [0, 0.1) is 0 Å². The summed E-state index contributed by atoms with van der Waals surface area (Å²) in [6.45, 7) is 0. The number of amidine groups is 1. The second-order valence-electron chi connectivity index (χ2n) is 4.81. The Labute approximate surface area is 116 Å². The Morgan fingerprint density at radius 1 is 1.37 bits per heavy atom. The second-order valence-corrected chi connectivity index (χ2v) is 5.84. The van der Waals surface area contributed by atoms with Crippen molar-refractivity contribution in [3.8, 4) is 0 Å². The summed E-state index contributed by atoms with van der Waals surface area (Å²) in [6.07, 6.45) is 9.42. The molecule has 2 aliphatic rings. The standard InChI is InChI=1S/C14H16N2O2S/c17-13-12(9-11-7-4-8-18-11)19-14(16-13)15-10-5-2-1-3-6-10/h4,7-10H,1-3,5-6H2,(H,15,16,17)/b12-9-. The molecule has 0 aromatic carbocycles. The Morgan fingerprint density at radius 2 is 2.21 bits per heavy atom. The third-order valence-electron chi connectivity index (χ3n) is 3.34. The van der Waals surface area contributed by atoms with E-state index in [0.717, 1.165) is 18.0 Å². The Bertz CT molecular complexity index is 514. The smallest absolute Gasteiger partial charge is 0.264 e. The molecule has 1 aromatic rings. The maximum absolute atomic E-state index is 11.8. The molecule has 0 bridgehead atoms. The van der Waals surface area contributed by atoms with Gasteiger partial charge in [-0.05, 0) is 36.7 Å². The molecule has 0 radical (unpaired) electrons. The Balaban J connectivity index is 1.70. The molecular formula is C14H16N2O2S. The Morgan fingerprint density at radius 3 is 2.95 bits per heavy atom. The van der Waals surface area contributed by atoms with Crippen LogP contribution in [-0.4, -0.2) is 17.1 Å². The molecule has 19 heavy (non-hydrogen) atoms. The quantitative estimate of drug-likeness (QED) is 0.844. The largest absolute Gasteiger partial charge is 0.465 e. The first-order valence-electron chi connectivity index (χ1n) is 6.63. The number of nitrogens with one attached hydrogen (secondary N) is 1. The molecule has 1 aliphatic carbocycles. The van der Waals surface area contributed by atoms with E-state index in [2.05, 4.69) is 10.3 Å². The summed E-state index contributed by atoms with van der Waals surface area (Å²) in [4.78, 5) is 17.1. The topological polar surface area (TPSA) is 54.6 Å². The molecule has 1 N–H and O–H groups in total. The lowest BCUT2D eigenvalue weighted by molar-refractivity contribution is -0.115. The summed E-state index contributed by atoms with van der Waals surface area (Å²) in [5, 5.41) is 3.56. The lowest BCUT2D eigenvalue weighted by Crippen LogP contribution is -2.22. The Hall–Kier alpha value is -1.49. The molecular weight excluding hydrogens is 260 g/mol. The van der Waals surface area contributed by atoms with Crippen molar-refractivity contribution in [3.05, 3.63) is 29.1 Å². The minimum Gasteiger partial charge on any atom is -0.465 e. The van der Waals surface area contributed by atoms with Crippen LogP contribution in [-0.2, 0) is 4.79 Å². The van der Waals surface area contributed by atoms with Crippen LogP contribution < -0.4 is 5.32 Å². The summed E-state index contributed by atoms with van der Waals surface area (Å²) in [7, 11) is 0. The predicted octanol–water partition coefficient (Wildman–Crippen LogP) is 3.17. The zero-order valence-corrected chi connectivity index (χ0v) is 11.4. The van der Waals surface area contributed by atoms with Crippen LogP contribution in [0.4, 0.5) is 0 Å². The van der Waals surface area contributed by atoms with Crippen LogP contribution in [0.3, 0.4) is 0 Å². The number of carbonyl (C=O) groups excluding carboxylic acids is 1. The van der Waals surface area contributed by atoms with Gasteiger partial charge < -0.3 is 9.73 Å². The van der Waals surface area contributed by atoms with Crippen molar-refractivity contribution in [2.24, 2.45) is 4.99 Å². The summed E-state index contributed by atoms with van der Waals surface area (Å²) in [5.41, 5.74) is 0. The van der Waals surface area contributed by atoms with Gasteiger partial charge in [-0.1, -0.05) is 19.3 Å². The molecule has 2 fully saturated rings. The van der Waals surface area contributed by atoms with Crippen LogP contribution >= 0.6 is 11.8 Å². The van der Waals surface area contributed by atoms with Gasteiger partial charge in [-0.3, -0.25) is 9.79 Å². The number of hydrogen-bond donors (Lipinski definition) is 1. The van der Waals surface area contributed by atoms with E-state index < -0.39 is 0 Å². The lowest BCUT2D eigenvalue weighted by atomic mass is 9.96. The highest BCUT2D eigenvalue weighted by Gasteiger charge is 2.25. The molecule has 1 saturated heterocycles. The van der Waals surface area contributed by atoms with Crippen molar-refractivity contribution in [1.82, 2.24) is 5.32 Å². The van der Waals surface area contributed by atoms with Crippen molar-refractivity contribution >= 4 is 28.9 Å². The maximum atomic E-state index is 11.8. The van der Waals surface area contributed by atoms with E-state index in [1.807, 2.05) is 6.07 Å². The van der Waals surface area contributed by atoms with Crippen LogP contribution in [0.25, 0.3) is 6.08 Å². The van der Waals surface area contributed by atoms with Crippen molar-refractivity contribution in [3.63, 3.8) is 0 Å². The fourth-order valence-electron chi connectivity index (χ4n) is 2.37. The van der Waals surface area contributed by atoms with Gasteiger partial charge in [-0.25, -0.2) is 0 Å². The van der Waals surface area contributed by atoms with E-state index in [1.54, 1.807) is 18.4 Å². The highest BCUT2D eigenvalue weighted by molar-refractivity contribution is 8.18. The highest BCUT2D eigenvalue weighted by Crippen LogP contribution is 2.28. The number of nitrogens with zero attached hydrogens (tertiary/aromatic N) is 1. The molecule has 4 nitrogen and oxygen atoms in total. The van der Waals surface area contributed by atoms with E-state index >= 15 is 0 Å². The molecule has 0 unspecified atom stereocenters. The van der Waals surface area contributed by atoms with Crippen molar-refractivity contribution in [2.75, 3.05) is 0 Å². The first kappa shape index (κ1) is 12.5. The van der Waals surface area contributed by atoms with Gasteiger partial charge in [0.15, 0.2) is 5.17 Å². The second kappa shape index (κ2) is 5.65. The normalized spacial score (nSPS) is 25.2. The summed E-state index contributed by atoms with van der Waals surface area (Å²) < 4.78 is 5.22. The average molecular weight is 276 g/mol. The van der Waals surface area contributed by atoms with Gasteiger partial charge in [0.1, 0.15) is 5.76 Å². The number of hydrogen-bond acceptors (Lipinski definition) is 4. The summed E-state index contributed by atoms with van der Waals surface area (Å²) in [6, 6.07) is 4.01. The average Bonchev–Trinajstić information content (AvgIpc) is 3.02. The van der Waals surface area contributed by atoms with Crippen LogP contribution in [0.2, 0.25) is 0 Å². The molecule has 1 saturated carbocycles. The van der Waals surface area contributed by atoms with Gasteiger partial charge >= 0.3 is 0 Å². The number of aliphatic imine (C=N–C) groups is 1. The van der Waals surface area contributed by atoms with Gasteiger partial charge in [0.2, 0.25) is 0 Å². The first-order chi connectivity index (χ1) is 9.31. The molecule has 1 aromatic heterocycles. The molecule has 0 spiro atoms. The van der Waals surface area contributed by atoms with Gasteiger partial charge in [0.05, 0.1) is 17.2 Å².